The Morgan fingerprint density at radius 3 is 2.75 bits per heavy atom. The van der Waals surface area contributed by atoms with Gasteiger partial charge < -0.3 is 5.73 Å². The van der Waals surface area contributed by atoms with E-state index in [0.29, 0.717) is 0 Å². The van der Waals surface area contributed by atoms with Gasteiger partial charge in [-0.3, -0.25) is 0 Å². The maximum atomic E-state index is 8.39. The molecule has 44 valence electrons. The van der Waals surface area contributed by atoms with Gasteiger partial charge in [0.05, 0.1) is 17.4 Å². The monoisotopic (exact) mass is 128 g/mol. The van der Waals surface area contributed by atoms with Crippen molar-refractivity contribution in [3.8, 4) is 6.07 Å². The highest BCUT2D eigenvalue weighted by Crippen LogP contribution is 2.27. The molecule has 0 radical (unpaired) electrons. The molecule has 1 aliphatic rings. The van der Waals surface area contributed by atoms with Crippen LogP contribution in [0.15, 0.2) is 0 Å². The lowest BCUT2D eigenvalue weighted by Crippen LogP contribution is -2.19. The predicted molar refractivity (Wildman–Crippen MR) is 34.2 cm³/mol. The first kappa shape index (κ1) is 5.93. The summed E-state index contributed by atoms with van der Waals surface area (Å²) in [5.41, 5.74) is 5.53. The van der Waals surface area contributed by atoms with E-state index >= 15 is 0 Å². The number of thioether (sulfide) groups is 1. The van der Waals surface area contributed by atoms with Crippen LogP contribution < -0.4 is 5.73 Å². The topological polar surface area (TPSA) is 49.8 Å². The van der Waals surface area contributed by atoms with Crippen LogP contribution in [0.3, 0.4) is 0 Å². The van der Waals surface area contributed by atoms with Crippen molar-refractivity contribution in [3.05, 3.63) is 0 Å². The summed E-state index contributed by atoms with van der Waals surface area (Å²) in [5, 5.41) is 8.48. The Hall–Kier alpha value is -0.200. The largest absolute Gasteiger partial charge is 0.318 e. The summed E-state index contributed by atoms with van der Waals surface area (Å²) in [6.07, 6.45) is 0.975. The molecule has 2 unspecified atom stereocenters. The fourth-order valence-electron chi connectivity index (χ4n) is 0.750. The van der Waals surface area contributed by atoms with E-state index in [1.165, 1.54) is 0 Å². The lowest BCUT2D eigenvalue weighted by Gasteiger charge is -2.01. The molecule has 1 rings (SSSR count). The molecule has 0 saturated carbocycles. The lowest BCUT2D eigenvalue weighted by molar-refractivity contribution is 0.655. The van der Waals surface area contributed by atoms with Gasteiger partial charge in [0.25, 0.3) is 0 Å². The second-order valence-electron chi connectivity index (χ2n) is 1.86. The molecule has 0 aromatic heterocycles. The van der Waals surface area contributed by atoms with Crippen LogP contribution in [0, 0.1) is 17.2 Å². The van der Waals surface area contributed by atoms with Gasteiger partial charge in [-0.1, -0.05) is 0 Å². The normalized spacial score (nSPS) is 37.0. The van der Waals surface area contributed by atoms with Gasteiger partial charge in [-0.05, 0) is 12.2 Å². The zero-order valence-electron chi connectivity index (χ0n) is 4.50. The first-order chi connectivity index (χ1) is 3.84. The SMILES string of the molecule is N#CC1CCSC1N. The minimum Gasteiger partial charge on any atom is -0.318 e. The molecular formula is C5H8N2S. The molecule has 1 saturated heterocycles. The van der Waals surface area contributed by atoms with E-state index in [1.807, 2.05) is 0 Å². The Morgan fingerprint density at radius 2 is 2.50 bits per heavy atom. The zero-order chi connectivity index (χ0) is 5.98. The van der Waals surface area contributed by atoms with Gasteiger partial charge in [-0.25, -0.2) is 0 Å². The number of nitriles is 1. The van der Waals surface area contributed by atoms with Gasteiger partial charge in [-0.2, -0.15) is 5.26 Å². The summed E-state index contributed by atoms with van der Waals surface area (Å²) in [5.74, 6) is 1.17. The highest BCUT2D eigenvalue weighted by atomic mass is 32.2. The van der Waals surface area contributed by atoms with Gasteiger partial charge >= 0.3 is 0 Å². The third-order valence-corrected chi connectivity index (χ3v) is 2.49. The van der Waals surface area contributed by atoms with Crippen LogP contribution in [0.25, 0.3) is 0 Å². The van der Waals surface area contributed by atoms with Crippen molar-refractivity contribution in [2.45, 2.75) is 11.8 Å². The maximum absolute atomic E-state index is 8.39. The van der Waals surface area contributed by atoms with Crippen molar-refractivity contribution in [1.82, 2.24) is 0 Å². The quantitative estimate of drug-likeness (QED) is 0.518. The fraction of sp³-hybridized carbons (Fsp3) is 0.800. The van der Waals surface area contributed by atoms with E-state index in [0.717, 1.165) is 12.2 Å². The molecule has 1 fully saturated rings. The molecule has 0 aromatic carbocycles. The van der Waals surface area contributed by atoms with Crippen LogP contribution >= 0.6 is 11.8 Å². The van der Waals surface area contributed by atoms with Crippen molar-refractivity contribution in [2.75, 3.05) is 5.75 Å². The Labute approximate surface area is 53.0 Å². The highest BCUT2D eigenvalue weighted by Gasteiger charge is 2.23. The molecule has 1 aliphatic heterocycles. The van der Waals surface area contributed by atoms with Crippen molar-refractivity contribution in [2.24, 2.45) is 11.7 Å². The Balaban J connectivity index is 2.45. The summed E-state index contributed by atoms with van der Waals surface area (Å²) < 4.78 is 0. The summed E-state index contributed by atoms with van der Waals surface area (Å²) in [4.78, 5) is 0. The van der Waals surface area contributed by atoms with E-state index in [4.69, 9.17) is 11.0 Å². The molecule has 1 heterocycles. The third-order valence-electron chi connectivity index (χ3n) is 1.30. The standard InChI is InChI=1S/C5H8N2S/c6-3-4-1-2-8-5(4)7/h4-5H,1-2,7H2. The van der Waals surface area contributed by atoms with Gasteiger partial charge in [-0.15, -0.1) is 11.8 Å². The van der Waals surface area contributed by atoms with Crippen LogP contribution in [0.2, 0.25) is 0 Å². The Bertz CT molecular complexity index is 118. The Morgan fingerprint density at radius 1 is 1.75 bits per heavy atom. The summed E-state index contributed by atoms with van der Waals surface area (Å²) in [6, 6.07) is 2.17. The van der Waals surface area contributed by atoms with Crippen molar-refractivity contribution >= 4 is 11.8 Å². The van der Waals surface area contributed by atoms with Gasteiger partial charge in [0.15, 0.2) is 0 Å². The van der Waals surface area contributed by atoms with Crippen LogP contribution in [0.1, 0.15) is 6.42 Å². The summed E-state index contributed by atoms with van der Waals surface area (Å²) in [7, 11) is 0. The van der Waals surface area contributed by atoms with Crippen LogP contribution in [0.4, 0.5) is 0 Å². The molecule has 2 nitrogen and oxygen atoms in total. The molecule has 0 aromatic rings. The maximum Gasteiger partial charge on any atom is 0.0715 e. The van der Waals surface area contributed by atoms with E-state index < -0.39 is 0 Å². The lowest BCUT2D eigenvalue weighted by atomic mass is 10.1. The van der Waals surface area contributed by atoms with Gasteiger partial charge in [0, 0.05) is 0 Å². The molecular weight excluding hydrogens is 120 g/mol. The first-order valence-corrected chi connectivity index (χ1v) is 3.66. The van der Waals surface area contributed by atoms with Crippen LogP contribution in [-0.4, -0.2) is 11.1 Å². The minimum absolute atomic E-state index is 0.0833. The number of hydrogen-bond donors (Lipinski definition) is 1. The van der Waals surface area contributed by atoms with Gasteiger partial charge in [0.1, 0.15) is 0 Å². The van der Waals surface area contributed by atoms with E-state index in [2.05, 4.69) is 6.07 Å². The van der Waals surface area contributed by atoms with Crippen molar-refractivity contribution in [3.63, 3.8) is 0 Å². The molecule has 0 amide bonds. The molecule has 2 atom stereocenters. The van der Waals surface area contributed by atoms with E-state index in [9.17, 15) is 0 Å². The highest BCUT2D eigenvalue weighted by molar-refractivity contribution is 8.00. The predicted octanol–water partition coefficient (Wildman–Crippen LogP) is 0.548. The number of nitrogens with zero attached hydrogens (tertiary/aromatic N) is 1. The number of rotatable bonds is 0. The van der Waals surface area contributed by atoms with Gasteiger partial charge in [0.2, 0.25) is 0 Å². The smallest absolute Gasteiger partial charge is 0.0715 e. The average Bonchev–Trinajstić information content (AvgIpc) is 2.14. The average molecular weight is 128 g/mol. The molecule has 0 aliphatic carbocycles. The molecule has 2 N–H and O–H groups in total. The molecule has 8 heavy (non-hydrogen) atoms. The summed E-state index contributed by atoms with van der Waals surface area (Å²) in [6.45, 7) is 0. The van der Waals surface area contributed by atoms with Crippen LogP contribution in [-0.2, 0) is 0 Å². The summed E-state index contributed by atoms with van der Waals surface area (Å²) >= 11 is 1.69. The first-order valence-electron chi connectivity index (χ1n) is 2.61. The number of nitrogens with two attached hydrogens (primary N) is 1. The fourth-order valence-corrected chi connectivity index (χ4v) is 1.84. The molecule has 0 spiro atoms. The Kier molecular flexibility index (Phi) is 1.77. The van der Waals surface area contributed by atoms with Crippen molar-refractivity contribution in [1.29, 1.82) is 5.26 Å². The van der Waals surface area contributed by atoms with E-state index in [-0.39, 0.29) is 11.3 Å². The molecule has 3 heteroatoms. The second-order valence-corrected chi connectivity index (χ2v) is 3.15. The van der Waals surface area contributed by atoms with Crippen molar-refractivity contribution < 1.29 is 0 Å². The van der Waals surface area contributed by atoms with Crippen LogP contribution in [0.5, 0.6) is 0 Å². The zero-order valence-corrected chi connectivity index (χ0v) is 5.32. The minimum atomic E-state index is 0.0833. The molecule has 0 bridgehead atoms. The van der Waals surface area contributed by atoms with E-state index in [1.54, 1.807) is 11.8 Å². The third kappa shape index (κ3) is 0.960. The number of hydrogen-bond acceptors (Lipinski definition) is 3. The second kappa shape index (κ2) is 2.38.